The van der Waals surface area contributed by atoms with Crippen molar-refractivity contribution in [1.29, 1.82) is 0 Å². The molecule has 0 bridgehead atoms. The average Bonchev–Trinajstić information content (AvgIpc) is 3.08. The number of hydrogen-bond acceptors (Lipinski definition) is 4. The second kappa shape index (κ2) is 7.80. The highest BCUT2D eigenvalue weighted by Crippen LogP contribution is 2.35. The predicted molar refractivity (Wildman–Crippen MR) is 106 cm³/mol. The molecule has 1 saturated heterocycles. The smallest absolute Gasteiger partial charge is 0.252 e. The zero-order valence-corrected chi connectivity index (χ0v) is 17.7. The molecule has 8 heteroatoms. The van der Waals surface area contributed by atoms with Gasteiger partial charge in [-0.3, -0.25) is 4.79 Å². The summed E-state index contributed by atoms with van der Waals surface area (Å²) in [6.45, 7) is 2.93. The van der Waals surface area contributed by atoms with Gasteiger partial charge in [-0.25, -0.2) is 8.42 Å². The maximum absolute atomic E-state index is 12.9. The molecule has 1 aliphatic heterocycles. The number of carbonyl (C=O) groups is 1. The Morgan fingerprint density at radius 1 is 1.27 bits per heavy atom. The predicted octanol–water partition coefficient (Wildman–Crippen LogP) is 3.62. The molecule has 1 N–H and O–H groups in total. The van der Waals surface area contributed by atoms with Crippen LogP contribution >= 0.6 is 27.3 Å². The van der Waals surface area contributed by atoms with Crippen molar-refractivity contribution in [3.8, 4) is 0 Å². The molecule has 1 aromatic carbocycles. The highest BCUT2D eigenvalue weighted by atomic mass is 79.9. The van der Waals surface area contributed by atoms with Crippen LogP contribution in [-0.2, 0) is 21.4 Å². The van der Waals surface area contributed by atoms with Crippen molar-refractivity contribution in [3.63, 3.8) is 0 Å². The molecule has 1 aliphatic rings. The van der Waals surface area contributed by atoms with Gasteiger partial charge in [-0.2, -0.15) is 4.31 Å². The zero-order chi connectivity index (χ0) is 18.8. The van der Waals surface area contributed by atoms with E-state index in [1.54, 1.807) is 12.1 Å². The second-order valence-corrected chi connectivity index (χ2v) is 11.4. The fourth-order valence-electron chi connectivity index (χ4n) is 3.14. The minimum absolute atomic E-state index is 0.103. The maximum Gasteiger partial charge on any atom is 0.252 e. The molecule has 1 amide bonds. The van der Waals surface area contributed by atoms with E-state index in [0.717, 1.165) is 9.35 Å². The SMILES string of the molecule is C[C@@]1(C(=O)NCc2ccccc2)CCCN(S(=O)(=O)c2ccc(Br)s2)C1. The first-order valence-corrected chi connectivity index (χ1v) is 11.4. The van der Waals surface area contributed by atoms with Gasteiger partial charge < -0.3 is 5.32 Å². The Bertz CT molecular complexity index is 883. The van der Waals surface area contributed by atoms with Crippen molar-refractivity contribution >= 4 is 43.2 Å². The number of nitrogens with zero attached hydrogens (tertiary/aromatic N) is 1. The number of piperidine rings is 1. The van der Waals surface area contributed by atoms with Crippen molar-refractivity contribution in [3.05, 3.63) is 51.8 Å². The molecule has 0 radical (unpaired) electrons. The molecule has 1 aromatic heterocycles. The summed E-state index contributed by atoms with van der Waals surface area (Å²) in [5.74, 6) is -0.103. The molecule has 140 valence electrons. The molecule has 2 aromatic rings. The molecule has 0 spiro atoms. The van der Waals surface area contributed by atoms with Gasteiger partial charge in [-0.05, 0) is 53.4 Å². The third-order valence-corrected chi connectivity index (χ3v) is 8.58. The number of thiophene rings is 1. The van der Waals surface area contributed by atoms with Crippen molar-refractivity contribution in [1.82, 2.24) is 9.62 Å². The first-order chi connectivity index (χ1) is 12.3. The molecular formula is C18H21BrN2O3S2. The van der Waals surface area contributed by atoms with Crippen LogP contribution in [0.5, 0.6) is 0 Å². The Kier molecular flexibility index (Phi) is 5.86. The third-order valence-electron chi connectivity index (χ3n) is 4.65. The topological polar surface area (TPSA) is 66.5 Å². The van der Waals surface area contributed by atoms with Crippen LogP contribution < -0.4 is 5.32 Å². The summed E-state index contributed by atoms with van der Waals surface area (Å²) >= 11 is 4.50. The summed E-state index contributed by atoms with van der Waals surface area (Å²) in [6.07, 6.45) is 1.34. The standard InChI is InChI=1S/C18H21BrN2O3S2/c1-18(17(22)20-12-14-6-3-2-4-7-14)10-5-11-21(13-18)26(23,24)16-9-8-15(19)25-16/h2-4,6-9H,5,10-13H2,1H3,(H,20,22)/t18-/m1/s1. The minimum atomic E-state index is -3.57. The Morgan fingerprint density at radius 3 is 2.65 bits per heavy atom. The summed E-state index contributed by atoms with van der Waals surface area (Å²) in [5.41, 5.74) is 0.294. The lowest BCUT2D eigenvalue weighted by atomic mass is 9.82. The lowest BCUT2D eigenvalue weighted by molar-refractivity contribution is -0.132. The Balaban J connectivity index is 1.71. The van der Waals surface area contributed by atoms with Gasteiger partial charge in [-0.1, -0.05) is 30.3 Å². The van der Waals surface area contributed by atoms with Crippen LogP contribution in [0.4, 0.5) is 0 Å². The van der Waals surface area contributed by atoms with E-state index in [-0.39, 0.29) is 12.5 Å². The van der Waals surface area contributed by atoms with Crippen LogP contribution in [0.15, 0.2) is 50.5 Å². The molecule has 0 saturated carbocycles. The highest BCUT2D eigenvalue weighted by molar-refractivity contribution is 9.11. The van der Waals surface area contributed by atoms with E-state index in [0.29, 0.717) is 30.1 Å². The maximum atomic E-state index is 12.9. The van der Waals surface area contributed by atoms with E-state index in [1.165, 1.54) is 15.6 Å². The lowest BCUT2D eigenvalue weighted by Crippen LogP contribution is -2.51. The third kappa shape index (κ3) is 4.19. The fourth-order valence-corrected chi connectivity index (χ4v) is 6.91. The number of hydrogen-bond donors (Lipinski definition) is 1. The summed E-state index contributed by atoms with van der Waals surface area (Å²) in [5, 5.41) is 2.96. The van der Waals surface area contributed by atoms with E-state index in [1.807, 2.05) is 37.3 Å². The van der Waals surface area contributed by atoms with Gasteiger partial charge in [0.15, 0.2) is 0 Å². The Morgan fingerprint density at radius 2 is 2.00 bits per heavy atom. The molecule has 5 nitrogen and oxygen atoms in total. The fraction of sp³-hybridized carbons (Fsp3) is 0.389. The van der Waals surface area contributed by atoms with Crippen LogP contribution in [0.3, 0.4) is 0 Å². The summed E-state index contributed by atoms with van der Waals surface area (Å²) in [7, 11) is -3.57. The van der Waals surface area contributed by atoms with Crippen molar-refractivity contribution in [2.75, 3.05) is 13.1 Å². The Labute approximate surface area is 166 Å². The normalized spacial score (nSPS) is 21.5. The number of benzene rings is 1. The number of carbonyl (C=O) groups excluding carboxylic acids is 1. The van der Waals surface area contributed by atoms with Gasteiger partial charge in [0.1, 0.15) is 4.21 Å². The van der Waals surface area contributed by atoms with E-state index >= 15 is 0 Å². The van der Waals surface area contributed by atoms with E-state index < -0.39 is 15.4 Å². The molecule has 0 unspecified atom stereocenters. The van der Waals surface area contributed by atoms with E-state index in [9.17, 15) is 13.2 Å². The van der Waals surface area contributed by atoms with Crippen molar-refractivity contribution < 1.29 is 13.2 Å². The lowest BCUT2D eigenvalue weighted by Gasteiger charge is -2.38. The zero-order valence-electron chi connectivity index (χ0n) is 14.4. The van der Waals surface area contributed by atoms with Crippen LogP contribution in [0.1, 0.15) is 25.3 Å². The molecular weight excluding hydrogens is 436 g/mol. The van der Waals surface area contributed by atoms with E-state index in [2.05, 4.69) is 21.2 Å². The number of halogens is 1. The summed E-state index contributed by atoms with van der Waals surface area (Å²) in [6, 6.07) is 13.0. The van der Waals surface area contributed by atoms with Crippen molar-refractivity contribution in [2.24, 2.45) is 5.41 Å². The highest BCUT2D eigenvalue weighted by Gasteiger charge is 2.42. The summed E-state index contributed by atoms with van der Waals surface area (Å²) in [4.78, 5) is 12.8. The minimum Gasteiger partial charge on any atom is -0.352 e. The molecule has 3 rings (SSSR count). The monoisotopic (exact) mass is 456 g/mol. The van der Waals surface area contributed by atoms with Gasteiger partial charge in [0, 0.05) is 19.6 Å². The largest absolute Gasteiger partial charge is 0.352 e. The molecule has 26 heavy (non-hydrogen) atoms. The molecule has 1 atom stereocenters. The van der Waals surface area contributed by atoms with Gasteiger partial charge in [-0.15, -0.1) is 11.3 Å². The average molecular weight is 457 g/mol. The van der Waals surface area contributed by atoms with Gasteiger partial charge in [0.05, 0.1) is 9.20 Å². The number of amides is 1. The first kappa shape index (κ1) is 19.5. The van der Waals surface area contributed by atoms with Crippen LogP contribution in [-0.4, -0.2) is 31.7 Å². The quantitative estimate of drug-likeness (QED) is 0.746. The second-order valence-electron chi connectivity index (χ2n) is 6.73. The van der Waals surface area contributed by atoms with Crippen LogP contribution in [0.2, 0.25) is 0 Å². The van der Waals surface area contributed by atoms with Crippen molar-refractivity contribution in [2.45, 2.75) is 30.5 Å². The van der Waals surface area contributed by atoms with E-state index in [4.69, 9.17) is 0 Å². The van der Waals surface area contributed by atoms with Gasteiger partial charge in [0.2, 0.25) is 5.91 Å². The first-order valence-electron chi connectivity index (χ1n) is 8.39. The molecule has 0 aliphatic carbocycles. The van der Waals surface area contributed by atoms with Gasteiger partial charge in [0.25, 0.3) is 10.0 Å². The molecule has 1 fully saturated rings. The molecule has 2 heterocycles. The number of sulfonamides is 1. The number of rotatable bonds is 5. The summed E-state index contributed by atoms with van der Waals surface area (Å²) < 4.78 is 28.3. The number of nitrogens with one attached hydrogen (secondary N) is 1. The van der Waals surface area contributed by atoms with Crippen LogP contribution in [0, 0.1) is 5.41 Å². The van der Waals surface area contributed by atoms with Gasteiger partial charge >= 0.3 is 0 Å². The Hall–Kier alpha value is -1.22. The van der Waals surface area contributed by atoms with Crippen LogP contribution in [0.25, 0.3) is 0 Å².